The van der Waals surface area contributed by atoms with E-state index in [4.69, 9.17) is 0 Å². The number of aliphatic hydroxyl groups excluding tert-OH is 1. The van der Waals surface area contributed by atoms with Crippen molar-refractivity contribution in [3.8, 4) is 0 Å². The van der Waals surface area contributed by atoms with Crippen molar-refractivity contribution in [1.82, 2.24) is 26.3 Å². The summed E-state index contributed by atoms with van der Waals surface area (Å²) in [5.41, 5.74) is 1.71. The SMILES string of the molecule is CCC(=O)CCCCCC1NC(=O)[C@H](O)CCCCNC(=O)[C@H]([C@@H](C)CC)NC(=O)[C@H](Cc2c[nH]c3ccccc23)NC1=O. The van der Waals surface area contributed by atoms with Crippen LogP contribution in [0, 0.1) is 5.92 Å². The molecule has 0 saturated carbocycles. The van der Waals surface area contributed by atoms with E-state index >= 15 is 0 Å². The number of unbranched alkanes of at least 4 members (excludes halogenated alkanes) is 2. The zero-order valence-corrected chi connectivity index (χ0v) is 26.2. The van der Waals surface area contributed by atoms with E-state index in [9.17, 15) is 29.1 Å². The molecule has 0 aliphatic carbocycles. The summed E-state index contributed by atoms with van der Waals surface area (Å²) < 4.78 is 0. The van der Waals surface area contributed by atoms with Crippen LogP contribution in [-0.4, -0.2) is 70.3 Å². The van der Waals surface area contributed by atoms with Gasteiger partial charge in [0, 0.05) is 42.9 Å². The number of benzene rings is 1. The Kier molecular flexibility index (Phi) is 13.9. The normalized spacial score (nSPS) is 23.4. The van der Waals surface area contributed by atoms with Crippen LogP contribution >= 0.6 is 0 Å². The van der Waals surface area contributed by atoms with Gasteiger partial charge in [0.25, 0.3) is 0 Å². The molecule has 242 valence electrons. The molecular formula is C33H49N5O6. The van der Waals surface area contributed by atoms with E-state index in [1.54, 1.807) is 6.20 Å². The number of fused-ring (bicyclic) bond motifs is 1. The third-order valence-corrected chi connectivity index (χ3v) is 8.51. The lowest BCUT2D eigenvalue weighted by atomic mass is 9.96. The molecule has 1 unspecified atom stereocenters. The van der Waals surface area contributed by atoms with Crippen molar-refractivity contribution < 1.29 is 29.1 Å². The molecule has 5 atom stereocenters. The summed E-state index contributed by atoms with van der Waals surface area (Å²) in [7, 11) is 0. The predicted molar refractivity (Wildman–Crippen MR) is 169 cm³/mol. The number of H-pyrrole nitrogens is 1. The Morgan fingerprint density at radius 3 is 2.39 bits per heavy atom. The molecule has 1 aliphatic rings. The first-order valence-electron chi connectivity index (χ1n) is 16.1. The first-order valence-corrected chi connectivity index (χ1v) is 16.1. The van der Waals surface area contributed by atoms with Crippen LogP contribution in [0.2, 0.25) is 0 Å². The maximum atomic E-state index is 13.8. The lowest BCUT2D eigenvalue weighted by molar-refractivity contribution is -0.136. The first kappa shape index (κ1) is 34.8. The number of carbonyl (C=O) groups excluding carboxylic acids is 5. The van der Waals surface area contributed by atoms with Gasteiger partial charge in [0.1, 0.15) is 30.0 Å². The van der Waals surface area contributed by atoms with Gasteiger partial charge in [-0.15, -0.1) is 0 Å². The van der Waals surface area contributed by atoms with Crippen LogP contribution < -0.4 is 21.3 Å². The topological polar surface area (TPSA) is 169 Å². The Balaban J connectivity index is 1.89. The highest BCUT2D eigenvalue weighted by Gasteiger charge is 2.33. The molecule has 1 saturated heterocycles. The van der Waals surface area contributed by atoms with Gasteiger partial charge in [-0.05, 0) is 49.7 Å². The zero-order valence-electron chi connectivity index (χ0n) is 26.2. The lowest BCUT2D eigenvalue weighted by Gasteiger charge is -2.28. The summed E-state index contributed by atoms with van der Waals surface area (Å²) in [5.74, 6) is -1.99. The molecule has 3 rings (SSSR count). The second-order valence-corrected chi connectivity index (χ2v) is 11.9. The number of hydrogen-bond donors (Lipinski definition) is 6. The highest BCUT2D eigenvalue weighted by Crippen LogP contribution is 2.20. The molecule has 11 heteroatoms. The van der Waals surface area contributed by atoms with Crippen LogP contribution in [0.15, 0.2) is 30.5 Å². The molecule has 44 heavy (non-hydrogen) atoms. The fourth-order valence-electron chi connectivity index (χ4n) is 5.43. The minimum Gasteiger partial charge on any atom is -0.383 e. The summed E-state index contributed by atoms with van der Waals surface area (Å²) in [4.78, 5) is 68.5. The van der Waals surface area contributed by atoms with E-state index in [0.717, 1.165) is 16.5 Å². The Hall–Kier alpha value is -3.73. The minimum absolute atomic E-state index is 0.152. The number of aromatic nitrogens is 1. The number of hydrogen-bond acceptors (Lipinski definition) is 6. The fraction of sp³-hybridized carbons (Fsp3) is 0.606. The number of nitrogens with one attached hydrogen (secondary N) is 5. The van der Waals surface area contributed by atoms with Crippen LogP contribution in [0.5, 0.6) is 0 Å². The molecular weight excluding hydrogens is 562 g/mol. The third-order valence-electron chi connectivity index (χ3n) is 8.51. The summed E-state index contributed by atoms with van der Waals surface area (Å²) in [6.07, 6.45) is 5.69. The number of para-hydroxylation sites is 1. The summed E-state index contributed by atoms with van der Waals surface area (Å²) in [5, 5.41) is 22.8. The molecule has 6 N–H and O–H groups in total. The molecule has 0 radical (unpaired) electrons. The van der Waals surface area contributed by atoms with Crippen molar-refractivity contribution in [2.75, 3.05) is 6.54 Å². The van der Waals surface area contributed by atoms with Gasteiger partial charge in [-0.25, -0.2) is 0 Å². The van der Waals surface area contributed by atoms with Crippen molar-refractivity contribution >= 4 is 40.3 Å². The van der Waals surface area contributed by atoms with Gasteiger partial charge in [-0.3, -0.25) is 24.0 Å². The van der Waals surface area contributed by atoms with E-state index in [0.29, 0.717) is 57.9 Å². The number of rotatable bonds is 11. The van der Waals surface area contributed by atoms with Crippen LogP contribution in [-0.2, 0) is 30.4 Å². The van der Waals surface area contributed by atoms with Gasteiger partial charge < -0.3 is 31.4 Å². The largest absolute Gasteiger partial charge is 0.383 e. The van der Waals surface area contributed by atoms with E-state index in [1.165, 1.54) is 0 Å². The molecule has 0 spiro atoms. The van der Waals surface area contributed by atoms with E-state index in [-0.39, 0.29) is 36.9 Å². The standard InChI is InChI=1S/C33H49N5O6/c1-4-21(3)29-33(44)34-18-12-11-17-28(40)32(43)36-26(16-8-6-7-13-23(39)5-2)30(41)37-27(31(42)38-29)19-22-20-35-25-15-10-9-14-24(22)25/h9-10,14-15,20-21,26-29,35,40H,4-8,11-13,16-19H2,1-3H3,(H,34,44)(H,36,43)(H,37,41)(H,38,42)/t21-,26?,27-,28+,29-/m0/s1. The van der Waals surface area contributed by atoms with Crippen LogP contribution in [0.3, 0.4) is 0 Å². The van der Waals surface area contributed by atoms with Gasteiger partial charge in [0.2, 0.25) is 23.6 Å². The van der Waals surface area contributed by atoms with Crippen molar-refractivity contribution in [3.05, 3.63) is 36.0 Å². The van der Waals surface area contributed by atoms with Crippen molar-refractivity contribution in [1.29, 1.82) is 0 Å². The summed E-state index contributed by atoms with van der Waals surface area (Å²) in [6, 6.07) is 4.82. The Morgan fingerprint density at radius 2 is 1.64 bits per heavy atom. The average Bonchev–Trinajstić information content (AvgIpc) is 3.43. The number of aliphatic hydroxyl groups is 1. The zero-order chi connectivity index (χ0) is 32.1. The molecule has 1 fully saturated rings. The number of ketones is 1. The van der Waals surface area contributed by atoms with E-state index in [1.807, 2.05) is 45.0 Å². The Labute approximate surface area is 259 Å². The summed E-state index contributed by atoms with van der Waals surface area (Å²) >= 11 is 0. The number of Topliss-reactive ketones (excluding diaryl/α,β-unsaturated/α-hetero) is 1. The van der Waals surface area contributed by atoms with Gasteiger partial charge >= 0.3 is 0 Å². The van der Waals surface area contributed by atoms with Gasteiger partial charge in [-0.1, -0.05) is 58.2 Å². The second-order valence-electron chi connectivity index (χ2n) is 11.9. The van der Waals surface area contributed by atoms with Gasteiger partial charge in [0.05, 0.1) is 0 Å². The molecule has 0 bridgehead atoms. The minimum atomic E-state index is -1.31. The third kappa shape index (κ3) is 10.2. The highest BCUT2D eigenvalue weighted by atomic mass is 16.3. The van der Waals surface area contributed by atoms with Crippen molar-refractivity contribution in [3.63, 3.8) is 0 Å². The number of amides is 4. The Bertz CT molecular complexity index is 1280. The maximum Gasteiger partial charge on any atom is 0.249 e. The lowest BCUT2D eigenvalue weighted by Crippen LogP contribution is -2.59. The number of carbonyl (C=O) groups is 5. The quantitative estimate of drug-likeness (QED) is 0.214. The van der Waals surface area contributed by atoms with E-state index < -0.39 is 42.0 Å². The number of aromatic amines is 1. The van der Waals surface area contributed by atoms with Crippen LogP contribution in [0.4, 0.5) is 0 Å². The molecule has 1 aliphatic heterocycles. The van der Waals surface area contributed by atoms with Gasteiger partial charge in [0.15, 0.2) is 0 Å². The first-order chi connectivity index (χ1) is 21.1. The van der Waals surface area contributed by atoms with Crippen molar-refractivity contribution in [2.24, 2.45) is 5.92 Å². The molecule has 11 nitrogen and oxygen atoms in total. The smallest absolute Gasteiger partial charge is 0.249 e. The molecule has 1 aromatic carbocycles. The maximum absolute atomic E-state index is 13.8. The molecule has 2 heterocycles. The molecule has 2 aromatic rings. The second kappa shape index (κ2) is 17.5. The van der Waals surface area contributed by atoms with Gasteiger partial charge in [-0.2, -0.15) is 0 Å². The van der Waals surface area contributed by atoms with Crippen LogP contribution in [0.1, 0.15) is 90.5 Å². The van der Waals surface area contributed by atoms with Crippen molar-refractivity contribution in [2.45, 2.75) is 116 Å². The average molecular weight is 612 g/mol. The molecule has 1 aromatic heterocycles. The highest BCUT2D eigenvalue weighted by molar-refractivity contribution is 5.95. The predicted octanol–water partition coefficient (Wildman–Crippen LogP) is 2.80. The van der Waals surface area contributed by atoms with Crippen LogP contribution in [0.25, 0.3) is 10.9 Å². The Morgan fingerprint density at radius 1 is 0.909 bits per heavy atom. The molecule has 4 amide bonds. The monoisotopic (exact) mass is 611 g/mol. The summed E-state index contributed by atoms with van der Waals surface area (Å²) in [6.45, 7) is 6.01. The fourth-order valence-corrected chi connectivity index (χ4v) is 5.43. The van der Waals surface area contributed by atoms with E-state index in [2.05, 4.69) is 26.3 Å².